The lowest BCUT2D eigenvalue weighted by atomic mass is 10.1. The summed E-state index contributed by atoms with van der Waals surface area (Å²) in [4.78, 5) is 12.0. The van der Waals surface area contributed by atoms with Crippen molar-refractivity contribution < 1.29 is 13.9 Å². The molecule has 110 valence electrons. The van der Waals surface area contributed by atoms with E-state index < -0.39 is 5.82 Å². The number of rotatable bonds is 5. The van der Waals surface area contributed by atoms with Gasteiger partial charge in [-0.2, -0.15) is 0 Å². The maximum absolute atomic E-state index is 13.2. The molecule has 0 heterocycles. The largest absolute Gasteiger partial charge is 0.399 e. The van der Waals surface area contributed by atoms with Gasteiger partial charge in [-0.25, -0.2) is 4.39 Å². The summed E-state index contributed by atoms with van der Waals surface area (Å²) >= 11 is 0. The third-order valence-electron chi connectivity index (χ3n) is 3.04. The van der Waals surface area contributed by atoms with Crippen molar-refractivity contribution in [3.8, 4) is 0 Å². The highest BCUT2D eigenvalue weighted by molar-refractivity contribution is 5.95. The molecule has 5 heteroatoms. The maximum Gasteiger partial charge on any atom is 0.251 e. The van der Waals surface area contributed by atoms with Crippen LogP contribution in [0.2, 0.25) is 0 Å². The number of benzene rings is 2. The fourth-order valence-corrected chi connectivity index (χ4v) is 2.05. The molecule has 0 saturated carbocycles. The lowest BCUT2D eigenvalue weighted by Gasteiger charge is -2.10. The first-order valence-electron chi connectivity index (χ1n) is 6.50. The van der Waals surface area contributed by atoms with Crippen molar-refractivity contribution in [1.29, 1.82) is 0 Å². The number of halogens is 1. The molecule has 2 aromatic carbocycles. The van der Waals surface area contributed by atoms with Gasteiger partial charge >= 0.3 is 0 Å². The molecule has 0 aliphatic carbocycles. The lowest BCUT2D eigenvalue weighted by molar-refractivity contribution is 0.0950. The van der Waals surface area contributed by atoms with Crippen LogP contribution in [0.1, 0.15) is 21.5 Å². The quantitative estimate of drug-likeness (QED) is 0.831. The Morgan fingerprint density at radius 3 is 2.62 bits per heavy atom. The molecule has 3 N–H and O–H groups in total. The van der Waals surface area contributed by atoms with Crippen molar-refractivity contribution in [2.24, 2.45) is 0 Å². The fraction of sp³-hybridized carbons (Fsp3) is 0.188. The van der Waals surface area contributed by atoms with Gasteiger partial charge in [0.25, 0.3) is 5.91 Å². The van der Waals surface area contributed by atoms with Gasteiger partial charge in [-0.05, 0) is 29.3 Å². The highest BCUT2D eigenvalue weighted by atomic mass is 19.1. The Morgan fingerprint density at radius 2 is 1.95 bits per heavy atom. The van der Waals surface area contributed by atoms with Gasteiger partial charge in [-0.3, -0.25) is 4.79 Å². The summed E-state index contributed by atoms with van der Waals surface area (Å²) < 4.78 is 18.4. The van der Waals surface area contributed by atoms with Gasteiger partial charge in [0.15, 0.2) is 0 Å². The number of carbonyl (C=O) groups is 1. The Kier molecular flexibility index (Phi) is 4.90. The van der Waals surface area contributed by atoms with Crippen LogP contribution >= 0.6 is 0 Å². The van der Waals surface area contributed by atoms with Gasteiger partial charge < -0.3 is 15.8 Å². The molecular formula is C16H17FN2O2. The zero-order chi connectivity index (χ0) is 15.2. The summed E-state index contributed by atoms with van der Waals surface area (Å²) in [5, 5.41) is 2.75. The van der Waals surface area contributed by atoms with Crippen LogP contribution in [0.5, 0.6) is 0 Å². The van der Waals surface area contributed by atoms with Crippen molar-refractivity contribution in [3.63, 3.8) is 0 Å². The van der Waals surface area contributed by atoms with E-state index in [-0.39, 0.29) is 17.2 Å². The molecule has 0 aromatic heterocycles. The third-order valence-corrected chi connectivity index (χ3v) is 3.04. The van der Waals surface area contributed by atoms with Crippen molar-refractivity contribution in [2.75, 3.05) is 12.8 Å². The Labute approximate surface area is 122 Å². The molecule has 1 amide bonds. The van der Waals surface area contributed by atoms with E-state index in [1.54, 1.807) is 7.11 Å². The van der Waals surface area contributed by atoms with Gasteiger partial charge in [0.05, 0.1) is 6.61 Å². The summed E-state index contributed by atoms with van der Waals surface area (Å²) in [7, 11) is 1.62. The maximum atomic E-state index is 13.2. The number of anilines is 1. The molecule has 0 fully saturated rings. The Balaban J connectivity index is 2.07. The van der Waals surface area contributed by atoms with Gasteiger partial charge in [0.2, 0.25) is 0 Å². The predicted molar refractivity (Wildman–Crippen MR) is 79.1 cm³/mol. The number of nitrogen functional groups attached to an aromatic ring is 1. The molecule has 0 aliphatic rings. The standard InChI is InChI=1S/C16H17FN2O2/c1-21-10-12-5-3-2-4-11(12)9-19-16(20)13-6-14(17)8-15(18)7-13/h2-8H,9-10,18H2,1H3,(H,19,20). The minimum absolute atomic E-state index is 0.205. The number of methoxy groups -OCH3 is 1. The van der Waals surface area contributed by atoms with E-state index in [1.165, 1.54) is 12.1 Å². The lowest BCUT2D eigenvalue weighted by Crippen LogP contribution is -2.23. The van der Waals surface area contributed by atoms with Gasteiger partial charge in [-0.1, -0.05) is 24.3 Å². The number of amides is 1. The van der Waals surface area contributed by atoms with Gasteiger partial charge in [0, 0.05) is 24.9 Å². The number of hydrogen-bond donors (Lipinski definition) is 2. The van der Waals surface area contributed by atoms with Crippen molar-refractivity contribution in [2.45, 2.75) is 13.2 Å². The topological polar surface area (TPSA) is 64.3 Å². The third kappa shape index (κ3) is 4.03. The Bertz CT molecular complexity index is 624. The normalized spacial score (nSPS) is 10.4. The molecule has 0 aliphatic heterocycles. The summed E-state index contributed by atoms with van der Waals surface area (Å²) in [6.45, 7) is 0.813. The molecule has 0 unspecified atom stereocenters. The molecule has 2 aromatic rings. The van der Waals surface area contributed by atoms with E-state index in [9.17, 15) is 9.18 Å². The summed E-state index contributed by atoms with van der Waals surface area (Å²) in [6.07, 6.45) is 0. The van der Waals surface area contributed by atoms with Gasteiger partial charge in [-0.15, -0.1) is 0 Å². The van der Waals surface area contributed by atoms with Crippen molar-refractivity contribution >= 4 is 11.6 Å². The molecule has 0 saturated heterocycles. The molecular weight excluding hydrogens is 271 g/mol. The number of nitrogens with two attached hydrogens (primary N) is 1. The number of carbonyl (C=O) groups excluding carboxylic acids is 1. The molecule has 21 heavy (non-hydrogen) atoms. The van der Waals surface area contributed by atoms with E-state index in [1.807, 2.05) is 24.3 Å². The van der Waals surface area contributed by atoms with Crippen LogP contribution < -0.4 is 11.1 Å². The van der Waals surface area contributed by atoms with E-state index in [2.05, 4.69) is 5.32 Å². The van der Waals surface area contributed by atoms with Crippen LogP contribution in [-0.2, 0) is 17.9 Å². The highest BCUT2D eigenvalue weighted by Gasteiger charge is 2.09. The van der Waals surface area contributed by atoms with Crippen LogP contribution in [0.3, 0.4) is 0 Å². The van der Waals surface area contributed by atoms with E-state index in [4.69, 9.17) is 10.5 Å². The minimum Gasteiger partial charge on any atom is -0.399 e. The Hall–Kier alpha value is -2.40. The highest BCUT2D eigenvalue weighted by Crippen LogP contribution is 2.12. The van der Waals surface area contributed by atoms with E-state index in [0.29, 0.717) is 13.2 Å². The van der Waals surface area contributed by atoms with E-state index >= 15 is 0 Å². The van der Waals surface area contributed by atoms with Crippen LogP contribution in [-0.4, -0.2) is 13.0 Å². The van der Waals surface area contributed by atoms with Crippen molar-refractivity contribution in [3.05, 3.63) is 65.0 Å². The molecule has 4 nitrogen and oxygen atoms in total. The monoisotopic (exact) mass is 288 g/mol. The fourth-order valence-electron chi connectivity index (χ4n) is 2.05. The average Bonchev–Trinajstić information content (AvgIpc) is 2.45. The SMILES string of the molecule is COCc1ccccc1CNC(=O)c1cc(N)cc(F)c1. The second kappa shape index (κ2) is 6.85. The molecule has 0 radical (unpaired) electrons. The van der Waals surface area contributed by atoms with Crippen LogP contribution in [0.15, 0.2) is 42.5 Å². The summed E-state index contributed by atoms with van der Waals surface area (Å²) in [5.74, 6) is -0.895. The molecule has 0 atom stereocenters. The molecule has 2 rings (SSSR count). The zero-order valence-electron chi connectivity index (χ0n) is 11.7. The number of ether oxygens (including phenoxy) is 1. The first-order valence-corrected chi connectivity index (χ1v) is 6.50. The van der Waals surface area contributed by atoms with Crippen LogP contribution in [0.4, 0.5) is 10.1 Å². The van der Waals surface area contributed by atoms with Crippen LogP contribution in [0, 0.1) is 5.82 Å². The first-order chi connectivity index (χ1) is 10.1. The first kappa shape index (κ1) is 15.0. The number of hydrogen-bond acceptors (Lipinski definition) is 3. The zero-order valence-corrected chi connectivity index (χ0v) is 11.7. The van der Waals surface area contributed by atoms with Gasteiger partial charge in [0.1, 0.15) is 5.82 Å². The predicted octanol–water partition coefficient (Wildman–Crippen LogP) is 2.48. The van der Waals surface area contributed by atoms with E-state index in [0.717, 1.165) is 17.2 Å². The number of nitrogens with one attached hydrogen (secondary N) is 1. The molecule has 0 spiro atoms. The van der Waals surface area contributed by atoms with Crippen LogP contribution in [0.25, 0.3) is 0 Å². The average molecular weight is 288 g/mol. The summed E-state index contributed by atoms with van der Waals surface area (Å²) in [6, 6.07) is 11.4. The second-order valence-corrected chi connectivity index (χ2v) is 4.66. The van der Waals surface area contributed by atoms with Crippen molar-refractivity contribution in [1.82, 2.24) is 5.32 Å². The molecule has 0 bridgehead atoms. The minimum atomic E-state index is -0.528. The summed E-state index contributed by atoms with van der Waals surface area (Å²) in [5.41, 5.74) is 7.91. The second-order valence-electron chi connectivity index (χ2n) is 4.66. The Morgan fingerprint density at radius 1 is 1.24 bits per heavy atom. The smallest absolute Gasteiger partial charge is 0.251 e.